The fourth-order valence-electron chi connectivity index (χ4n) is 2.88. The van der Waals surface area contributed by atoms with Crippen LogP contribution in [0.5, 0.6) is 0 Å². The summed E-state index contributed by atoms with van der Waals surface area (Å²) in [5.74, 6) is -0.189. The molecular weight excluding hydrogens is 298 g/mol. The lowest BCUT2D eigenvalue weighted by atomic mass is 9.97. The van der Waals surface area contributed by atoms with Crippen LogP contribution in [0.15, 0.2) is 60.7 Å². The Morgan fingerprint density at radius 3 is 1.82 bits per heavy atom. The van der Waals surface area contributed by atoms with Crippen molar-refractivity contribution in [3.05, 3.63) is 71.8 Å². The first-order valence-electron chi connectivity index (χ1n) is 7.29. The number of hydrogen-bond donors (Lipinski definition) is 2. The fraction of sp³-hybridized carbons (Fsp3) is 0.294. The van der Waals surface area contributed by atoms with Crippen molar-refractivity contribution in [1.82, 2.24) is 5.32 Å². The van der Waals surface area contributed by atoms with Crippen molar-refractivity contribution in [2.45, 2.75) is 18.2 Å². The Hall–Kier alpha value is -1.69. The molecule has 0 unspecified atom stereocenters. The van der Waals surface area contributed by atoms with E-state index < -0.39 is 22.0 Å². The molecule has 1 aliphatic heterocycles. The molecule has 2 N–H and O–H groups in total. The molecule has 0 spiro atoms. The maximum Gasteiger partial charge on any atom is 0.154 e. The largest absolute Gasteiger partial charge is 0.390 e. The van der Waals surface area contributed by atoms with Gasteiger partial charge in [-0.2, -0.15) is 0 Å². The third-order valence-corrected chi connectivity index (χ3v) is 5.69. The van der Waals surface area contributed by atoms with Crippen LogP contribution in [0.1, 0.15) is 17.2 Å². The summed E-state index contributed by atoms with van der Waals surface area (Å²) in [6.07, 6.45) is -0.861. The summed E-state index contributed by atoms with van der Waals surface area (Å²) < 4.78 is 23.4. The Kier molecular flexibility index (Phi) is 4.29. The molecule has 0 amide bonds. The lowest BCUT2D eigenvalue weighted by molar-refractivity contribution is 0.162. The van der Waals surface area contributed by atoms with Crippen LogP contribution in [0.3, 0.4) is 0 Å². The maximum absolute atomic E-state index is 11.7. The molecule has 1 heterocycles. The molecule has 0 radical (unpaired) electrons. The second-order valence-electron chi connectivity index (χ2n) is 5.67. The number of nitrogens with one attached hydrogen (secondary N) is 1. The van der Waals surface area contributed by atoms with Gasteiger partial charge in [0.1, 0.15) is 0 Å². The quantitative estimate of drug-likeness (QED) is 0.897. The van der Waals surface area contributed by atoms with Crippen LogP contribution in [-0.4, -0.2) is 37.2 Å². The van der Waals surface area contributed by atoms with Gasteiger partial charge in [0.25, 0.3) is 0 Å². The van der Waals surface area contributed by atoms with Gasteiger partial charge in [-0.3, -0.25) is 5.32 Å². The minimum atomic E-state index is -3.17. The van der Waals surface area contributed by atoms with E-state index in [9.17, 15) is 13.5 Å². The zero-order chi connectivity index (χ0) is 15.6. The monoisotopic (exact) mass is 317 g/mol. The number of sulfone groups is 1. The van der Waals surface area contributed by atoms with Gasteiger partial charge in [-0.05, 0) is 11.1 Å². The van der Waals surface area contributed by atoms with Crippen LogP contribution in [0, 0.1) is 0 Å². The van der Waals surface area contributed by atoms with Crippen molar-refractivity contribution in [3.63, 3.8) is 0 Å². The van der Waals surface area contributed by atoms with Gasteiger partial charge in [0, 0.05) is 6.04 Å². The van der Waals surface area contributed by atoms with Crippen LogP contribution in [0.25, 0.3) is 0 Å². The van der Waals surface area contributed by atoms with E-state index in [1.165, 1.54) is 0 Å². The second kappa shape index (κ2) is 6.20. The molecule has 4 nitrogen and oxygen atoms in total. The fourth-order valence-corrected chi connectivity index (χ4v) is 4.63. The molecule has 5 heteroatoms. The second-order valence-corrected chi connectivity index (χ2v) is 7.83. The van der Waals surface area contributed by atoms with Gasteiger partial charge in [0.2, 0.25) is 0 Å². The standard InChI is InChI=1S/C17H19NO3S/c19-16-12-22(20,21)11-15(16)18-17(13-7-3-1-4-8-13)14-9-5-2-6-10-14/h1-10,15-19H,11-12H2/t15-,16-/m1/s1. The first kappa shape index (κ1) is 15.2. The summed E-state index contributed by atoms with van der Waals surface area (Å²) in [4.78, 5) is 0. The van der Waals surface area contributed by atoms with E-state index in [1.54, 1.807) is 0 Å². The number of hydrogen-bond acceptors (Lipinski definition) is 4. The molecule has 0 aliphatic carbocycles. The van der Waals surface area contributed by atoms with Crippen molar-refractivity contribution < 1.29 is 13.5 Å². The van der Waals surface area contributed by atoms with Gasteiger partial charge in [0.15, 0.2) is 9.84 Å². The zero-order valence-electron chi connectivity index (χ0n) is 12.1. The van der Waals surface area contributed by atoms with Crippen LogP contribution >= 0.6 is 0 Å². The third kappa shape index (κ3) is 3.38. The van der Waals surface area contributed by atoms with Crippen molar-refractivity contribution in [1.29, 1.82) is 0 Å². The molecule has 2 aromatic rings. The SMILES string of the molecule is O=S1(=O)C[C@@H](O)[C@H](NC(c2ccccc2)c2ccccc2)C1. The average Bonchev–Trinajstić information content (AvgIpc) is 2.78. The highest BCUT2D eigenvalue weighted by molar-refractivity contribution is 7.91. The summed E-state index contributed by atoms with van der Waals surface area (Å²) in [6, 6.07) is 19.1. The molecule has 3 rings (SSSR count). The van der Waals surface area contributed by atoms with Crippen LogP contribution in [0.2, 0.25) is 0 Å². The van der Waals surface area contributed by atoms with Crippen LogP contribution < -0.4 is 5.32 Å². The highest BCUT2D eigenvalue weighted by atomic mass is 32.2. The lowest BCUT2D eigenvalue weighted by Crippen LogP contribution is -2.41. The van der Waals surface area contributed by atoms with E-state index >= 15 is 0 Å². The zero-order valence-corrected chi connectivity index (χ0v) is 12.9. The normalized spacial score (nSPS) is 23.7. The Labute approximate surface area is 130 Å². The van der Waals surface area contributed by atoms with Gasteiger partial charge in [0.05, 0.1) is 23.7 Å². The van der Waals surface area contributed by atoms with Gasteiger partial charge >= 0.3 is 0 Å². The maximum atomic E-state index is 11.7. The Bertz CT molecular complexity index is 677. The van der Waals surface area contributed by atoms with E-state index in [2.05, 4.69) is 5.32 Å². The number of rotatable bonds is 4. The topological polar surface area (TPSA) is 66.4 Å². The van der Waals surface area contributed by atoms with E-state index in [1.807, 2.05) is 60.7 Å². The van der Waals surface area contributed by atoms with Crippen LogP contribution in [0.4, 0.5) is 0 Å². The lowest BCUT2D eigenvalue weighted by Gasteiger charge is -2.25. The highest BCUT2D eigenvalue weighted by Gasteiger charge is 2.37. The molecule has 2 atom stereocenters. The molecular formula is C17H19NO3S. The Morgan fingerprint density at radius 1 is 0.909 bits per heavy atom. The highest BCUT2D eigenvalue weighted by Crippen LogP contribution is 2.25. The summed E-state index contributed by atoms with van der Waals surface area (Å²) in [7, 11) is -3.17. The van der Waals surface area contributed by atoms with E-state index in [-0.39, 0.29) is 17.5 Å². The first-order chi connectivity index (χ1) is 10.6. The Balaban J connectivity index is 1.90. The smallest absolute Gasteiger partial charge is 0.154 e. The van der Waals surface area contributed by atoms with Gasteiger partial charge in [-0.1, -0.05) is 60.7 Å². The summed E-state index contributed by atoms with van der Waals surface area (Å²) in [6.45, 7) is 0. The summed E-state index contributed by atoms with van der Waals surface area (Å²) >= 11 is 0. The molecule has 1 aliphatic rings. The Morgan fingerprint density at radius 2 is 1.41 bits per heavy atom. The summed E-state index contributed by atoms with van der Waals surface area (Å²) in [5, 5.41) is 13.4. The molecule has 0 bridgehead atoms. The van der Waals surface area contributed by atoms with Crippen molar-refractivity contribution >= 4 is 9.84 Å². The molecule has 22 heavy (non-hydrogen) atoms. The van der Waals surface area contributed by atoms with Gasteiger partial charge < -0.3 is 5.11 Å². The van der Waals surface area contributed by atoms with Crippen molar-refractivity contribution in [2.24, 2.45) is 0 Å². The summed E-state index contributed by atoms with van der Waals surface area (Å²) in [5.41, 5.74) is 2.09. The third-order valence-electron chi connectivity index (χ3n) is 3.97. The predicted molar refractivity (Wildman–Crippen MR) is 86.3 cm³/mol. The minimum absolute atomic E-state index is 0.0235. The molecule has 116 valence electrons. The van der Waals surface area contributed by atoms with Crippen molar-refractivity contribution in [3.8, 4) is 0 Å². The van der Waals surface area contributed by atoms with E-state index in [0.29, 0.717) is 0 Å². The molecule has 1 fully saturated rings. The molecule has 2 aromatic carbocycles. The van der Waals surface area contributed by atoms with Crippen molar-refractivity contribution in [2.75, 3.05) is 11.5 Å². The average molecular weight is 317 g/mol. The minimum Gasteiger partial charge on any atom is -0.390 e. The van der Waals surface area contributed by atoms with Crippen LogP contribution in [-0.2, 0) is 9.84 Å². The van der Waals surface area contributed by atoms with E-state index in [0.717, 1.165) is 11.1 Å². The number of benzene rings is 2. The molecule has 1 saturated heterocycles. The first-order valence-corrected chi connectivity index (χ1v) is 9.12. The van der Waals surface area contributed by atoms with E-state index in [4.69, 9.17) is 0 Å². The predicted octanol–water partition coefficient (Wildman–Crippen LogP) is 1.52. The molecule has 0 aromatic heterocycles. The number of aliphatic hydroxyl groups excluding tert-OH is 1. The van der Waals surface area contributed by atoms with Gasteiger partial charge in [-0.15, -0.1) is 0 Å². The van der Waals surface area contributed by atoms with Gasteiger partial charge in [-0.25, -0.2) is 8.42 Å². The number of aliphatic hydroxyl groups is 1. The molecule has 0 saturated carbocycles.